The van der Waals surface area contributed by atoms with E-state index in [-0.39, 0.29) is 0 Å². The number of rotatable bonds is 11. The molecule has 0 fully saturated rings. The molecule has 0 saturated carbocycles. The lowest BCUT2D eigenvalue weighted by Gasteiger charge is -2.14. The van der Waals surface area contributed by atoms with Gasteiger partial charge in [-0.1, -0.05) is 61.7 Å². The van der Waals surface area contributed by atoms with Crippen LogP contribution in [-0.2, 0) is 25.7 Å². The average molecular weight is 462 g/mol. The molecular formula is C32H35N3. The van der Waals surface area contributed by atoms with Crippen molar-refractivity contribution in [3.8, 4) is 0 Å². The van der Waals surface area contributed by atoms with Gasteiger partial charge in [-0.3, -0.25) is 15.0 Å². The minimum Gasteiger partial charge on any atom is -0.297 e. The molecule has 0 aliphatic rings. The predicted molar refractivity (Wildman–Crippen MR) is 152 cm³/mol. The van der Waals surface area contributed by atoms with Crippen molar-refractivity contribution in [3.05, 3.63) is 125 Å². The Morgan fingerprint density at radius 1 is 0.743 bits per heavy atom. The zero-order valence-corrected chi connectivity index (χ0v) is 21.2. The molecule has 2 heterocycles. The van der Waals surface area contributed by atoms with Crippen LogP contribution in [0.4, 0.5) is 0 Å². The number of hydrogen-bond donors (Lipinski definition) is 0. The maximum absolute atomic E-state index is 4.64. The van der Waals surface area contributed by atoms with E-state index in [4.69, 9.17) is 0 Å². The van der Waals surface area contributed by atoms with Gasteiger partial charge < -0.3 is 0 Å². The molecule has 35 heavy (non-hydrogen) atoms. The number of nitrogens with zero attached hydrogens (tertiary/aromatic N) is 3. The van der Waals surface area contributed by atoms with Crippen molar-refractivity contribution in [2.24, 2.45) is 4.99 Å². The van der Waals surface area contributed by atoms with Gasteiger partial charge in [0.25, 0.3) is 0 Å². The minimum atomic E-state index is 0.917. The van der Waals surface area contributed by atoms with Crippen molar-refractivity contribution >= 4 is 23.4 Å². The van der Waals surface area contributed by atoms with Crippen LogP contribution >= 0.6 is 0 Å². The molecule has 0 atom stereocenters. The number of aliphatic imine (C=N–C) groups is 1. The molecule has 3 rings (SSSR count). The molecule has 0 bridgehead atoms. The Kier molecular flexibility index (Phi) is 9.68. The van der Waals surface area contributed by atoms with Crippen molar-refractivity contribution < 1.29 is 0 Å². The van der Waals surface area contributed by atoms with Crippen molar-refractivity contribution in [1.29, 1.82) is 0 Å². The van der Waals surface area contributed by atoms with Crippen molar-refractivity contribution in [3.63, 3.8) is 0 Å². The first-order valence-corrected chi connectivity index (χ1v) is 12.1. The van der Waals surface area contributed by atoms with E-state index in [1.54, 1.807) is 7.05 Å². The number of aryl methyl sites for hydroxylation is 4. The summed E-state index contributed by atoms with van der Waals surface area (Å²) in [6.07, 6.45) is 17.1. The molecule has 0 saturated heterocycles. The predicted octanol–water partition coefficient (Wildman–Crippen LogP) is 7.38. The van der Waals surface area contributed by atoms with E-state index in [1.165, 1.54) is 27.8 Å². The third-order valence-electron chi connectivity index (χ3n) is 6.19. The summed E-state index contributed by atoms with van der Waals surface area (Å²) in [7, 11) is 1.78. The Balaban J connectivity index is 1.81. The molecule has 0 aliphatic heterocycles. The van der Waals surface area contributed by atoms with Gasteiger partial charge in [0.2, 0.25) is 0 Å². The highest BCUT2D eigenvalue weighted by Crippen LogP contribution is 2.24. The van der Waals surface area contributed by atoms with Crippen LogP contribution in [-0.4, -0.2) is 23.2 Å². The van der Waals surface area contributed by atoms with Gasteiger partial charge in [0.15, 0.2) is 0 Å². The van der Waals surface area contributed by atoms with Gasteiger partial charge >= 0.3 is 0 Å². The third kappa shape index (κ3) is 6.83. The molecule has 0 radical (unpaired) electrons. The van der Waals surface area contributed by atoms with E-state index in [2.05, 4.69) is 72.3 Å². The Labute approximate surface area is 210 Å². The average Bonchev–Trinajstić information content (AvgIpc) is 2.89. The van der Waals surface area contributed by atoms with E-state index < -0.39 is 0 Å². The molecular weight excluding hydrogens is 426 g/mol. The number of benzene rings is 1. The van der Waals surface area contributed by atoms with Crippen LogP contribution in [0.3, 0.4) is 0 Å². The van der Waals surface area contributed by atoms with Crippen molar-refractivity contribution in [1.82, 2.24) is 9.97 Å². The van der Waals surface area contributed by atoms with Crippen LogP contribution in [0.5, 0.6) is 0 Å². The summed E-state index contributed by atoms with van der Waals surface area (Å²) >= 11 is 0. The summed E-state index contributed by atoms with van der Waals surface area (Å²) in [4.78, 5) is 13.3. The van der Waals surface area contributed by atoms with Crippen LogP contribution in [0.1, 0.15) is 53.1 Å². The molecule has 2 aromatic heterocycles. The molecule has 0 amide bonds. The van der Waals surface area contributed by atoms with Gasteiger partial charge in [-0.25, -0.2) is 0 Å². The van der Waals surface area contributed by atoms with Crippen LogP contribution < -0.4 is 0 Å². The summed E-state index contributed by atoms with van der Waals surface area (Å²) in [5.74, 6) is 0. The highest BCUT2D eigenvalue weighted by atomic mass is 14.7. The lowest BCUT2D eigenvalue weighted by molar-refractivity contribution is 0.912. The smallest absolute Gasteiger partial charge is 0.0691 e. The molecule has 3 heteroatoms. The van der Waals surface area contributed by atoms with Gasteiger partial charge in [0.05, 0.1) is 11.4 Å². The lowest BCUT2D eigenvalue weighted by atomic mass is 9.91. The molecule has 0 spiro atoms. The maximum Gasteiger partial charge on any atom is 0.0691 e. The molecule has 0 unspecified atom stereocenters. The van der Waals surface area contributed by atoms with Crippen LogP contribution in [0.2, 0.25) is 0 Å². The molecule has 178 valence electrons. The van der Waals surface area contributed by atoms with E-state index in [9.17, 15) is 0 Å². The monoisotopic (exact) mass is 461 g/mol. The SMILES string of the molecule is C=C/C=C(\C)c1ncccc1CCc1cccc(CCc2cccnc2/C(C)=C/C=NC)c1C=C. The van der Waals surface area contributed by atoms with Gasteiger partial charge in [-0.15, -0.1) is 0 Å². The molecule has 3 nitrogen and oxygen atoms in total. The van der Waals surface area contributed by atoms with Crippen molar-refractivity contribution in [2.45, 2.75) is 39.5 Å². The topological polar surface area (TPSA) is 38.1 Å². The van der Waals surface area contributed by atoms with Gasteiger partial charge in [0, 0.05) is 25.7 Å². The van der Waals surface area contributed by atoms with Crippen LogP contribution in [0.25, 0.3) is 17.2 Å². The molecule has 3 aromatic rings. The first-order valence-electron chi connectivity index (χ1n) is 12.1. The van der Waals surface area contributed by atoms with Gasteiger partial charge in [-0.2, -0.15) is 0 Å². The Morgan fingerprint density at radius 2 is 1.23 bits per heavy atom. The van der Waals surface area contributed by atoms with E-state index in [1.807, 2.05) is 55.0 Å². The number of hydrogen-bond acceptors (Lipinski definition) is 3. The van der Waals surface area contributed by atoms with Gasteiger partial charge in [-0.05, 0) is 96.7 Å². The van der Waals surface area contributed by atoms with Crippen LogP contribution in [0, 0.1) is 0 Å². The normalized spacial score (nSPS) is 12.2. The fourth-order valence-electron chi connectivity index (χ4n) is 4.41. The highest BCUT2D eigenvalue weighted by molar-refractivity contribution is 5.83. The van der Waals surface area contributed by atoms with Gasteiger partial charge in [0.1, 0.15) is 0 Å². The maximum atomic E-state index is 4.64. The molecule has 0 N–H and O–H groups in total. The third-order valence-corrected chi connectivity index (χ3v) is 6.19. The Hall–Kier alpha value is -3.85. The summed E-state index contributed by atoms with van der Waals surface area (Å²) < 4.78 is 0. The minimum absolute atomic E-state index is 0.917. The zero-order valence-electron chi connectivity index (χ0n) is 21.2. The van der Waals surface area contributed by atoms with Crippen molar-refractivity contribution in [2.75, 3.05) is 7.05 Å². The lowest BCUT2D eigenvalue weighted by Crippen LogP contribution is -2.03. The number of pyridine rings is 2. The molecule has 0 aliphatic carbocycles. The highest BCUT2D eigenvalue weighted by Gasteiger charge is 2.11. The Morgan fingerprint density at radius 3 is 1.71 bits per heavy atom. The van der Waals surface area contributed by atoms with E-state index in [0.29, 0.717) is 0 Å². The second kappa shape index (κ2) is 13.1. The quantitative estimate of drug-likeness (QED) is 0.221. The summed E-state index contributed by atoms with van der Waals surface area (Å²) in [6, 6.07) is 15.0. The summed E-state index contributed by atoms with van der Waals surface area (Å²) in [5.41, 5.74) is 10.7. The second-order valence-electron chi connectivity index (χ2n) is 8.56. The summed E-state index contributed by atoms with van der Waals surface area (Å²) in [5, 5.41) is 0. The number of aromatic nitrogens is 2. The standard InChI is InChI=1S/C32H35N3/c1-6-11-24(3)31-28(14-9-21-34-31)18-16-26-12-8-13-27(30(26)7-2)17-19-29-15-10-22-35-32(29)25(4)20-23-33-5/h6-15,20-23H,1-2,16-19H2,3-5H3/b24-11+,25-20+,33-23?. The first kappa shape index (κ1) is 25.8. The van der Waals surface area contributed by atoms with E-state index in [0.717, 1.165) is 48.2 Å². The second-order valence-corrected chi connectivity index (χ2v) is 8.56. The first-order chi connectivity index (χ1) is 17.1. The largest absolute Gasteiger partial charge is 0.297 e. The fraction of sp³-hybridized carbons (Fsp3) is 0.219. The van der Waals surface area contributed by atoms with Crippen LogP contribution in [0.15, 0.2) is 91.2 Å². The number of allylic oxidation sites excluding steroid dienone is 5. The van der Waals surface area contributed by atoms with E-state index >= 15 is 0 Å². The zero-order chi connectivity index (χ0) is 25.0. The Bertz CT molecular complexity index is 1260. The fourth-order valence-corrected chi connectivity index (χ4v) is 4.41. The molecule has 1 aromatic carbocycles. The summed E-state index contributed by atoms with van der Waals surface area (Å²) in [6.45, 7) is 12.1.